The summed E-state index contributed by atoms with van der Waals surface area (Å²) in [5.74, 6) is 0. The van der Waals surface area contributed by atoms with Gasteiger partial charge in [0.15, 0.2) is 34.1 Å². The van der Waals surface area contributed by atoms with Crippen LogP contribution in [0.1, 0.15) is 27.8 Å². The maximum atomic E-state index is 10.6. The van der Waals surface area contributed by atoms with E-state index in [1.165, 1.54) is 0 Å². The van der Waals surface area contributed by atoms with Crippen LogP contribution in [0.3, 0.4) is 0 Å². The number of hydrogen-bond donors (Lipinski definition) is 0. The van der Waals surface area contributed by atoms with Crippen molar-refractivity contribution >= 4 is 99.5 Å². The van der Waals surface area contributed by atoms with Gasteiger partial charge in [-0.3, -0.25) is 0 Å². The molecule has 0 atom stereocenters. The highest BCUT2D eigenvalue weighted by molar-refractivity contribution is 6.14. The summed E-state index contributed by atoms with van der Waals surface area (Å²) in [5.41, 5.74) is 33.0. The molecule has 14 heteroatoms. The lowest BCUT2D eigenvalue weighted by atomic mass is 9.88. The highest BCUT2D eigenvalue weighted by Gasteiger charge is 2.24. The van der Waals surface area contributed by atoms with Crippen molar-refractivity contribution in [1.29, 1.82) is 26.3 Å². The Bertz CT molecular complexity index is 9120. The van der Waals surface area contributed by atoms with Crippen LogP contribution in [-0.4, -0.2) is 13.7 Å². The zero-order valence-corrected chi connectivity index (χ0v) is 74.0. The van der Waals surface area contributed by atoms with E-state index < -0.39 is 0 Å². The average Bonchev–Trinajstić information content (AvgIpc) is 1.63. The Hall–Kier alpha value is -21.0. The molecule has 0 saturated heterocycles. The highest BCUT2D eigenvalue weighted by atomic mass is 15.0. The van der Waals surface area contributed by atoms with E-state index in [0.29, 0.717) is 61.9 Å². The minimum absolute atomic E-state index is 0.430. The summed E-state index contributed by atoms with van der Waals surface area (Å²) in [5, 5.41) is 54.2. The smallest absolute Gasteiger partial charge is 0.189 e. The molecule has 0 radical (unpaired) electrons. The maximum absolute atomic E-state index is 10.6. The third kappa shape index (κ3) is 16.8. The molecule has 0 bridgehead atoms. The number of aromatic nitrogens is 3. The molecular weight excluding hydrogens is 1700 g/mol. The number of fused-ring (bicyclic) bond motifs is 9. The van der Waals surface area contributed by atoms with Gasteiger partial charge in [0.25, 0.3) is 0 Å². The van der Waals surface area contributed by atoms with Crippen molar-refractivity contribution in [3.05, 3.63) is 509 Å². The monoisotopic (exact) mass is 1760 g/mol. The van der Waals surface area contributed by atoms with Crippen LogP contribution in [0.15, 0.2) is 413 Å². The molecule has 22 aromatic rings. The second-order valence-electron chi connectivity index (χ2n) is 33.3. The maximum Gasteiger partial charge on any atom is 0.189 e. The van der Waals surface area contributed by atoms with Crippen LogP contribution in [0.5, 0.6) is 0 Å². The van der Waals surface area contributed by atoms with Gasteiger partial charge in [-0.2, -0.15) is 26.3 Å². The van der Waals surface area contributed by atoms with Crippen molar-refractivity contribution < 1.29 is 0 Å². The lowest BCUT2D eigenvalue weighted by Gasteiger charge is -2.16. The third-order valence-corrected chi connectivity index (χ3v) is 25.0. The fourth-order valence-corrected chi connectivity index (χ4v) is 18.6. The molecule has 638 valence electrons. The van der Waals surface area contributed by atoms with Crippen LogP contribution in [-0.2, 0) is 0 Å². The first-order valence-electron chi connectivity index (χ1n) is 44.3. The Balaban J connectivity index is 0.000000128. The molecule has 0 unspecified atom stereocenters. The fraction of sp³-hybridized carbons (Fsp3) is 0. The quantitative estimate of drug-likeness (QED) is 0.105. The lowest BCUT2D eigenvalue weighted by Crippen LogP contribution is -1.97. The number of hydrogen-bond acceptors (Lipinski definition) is 5. The average molecular weight is 1770 g/mol. The van der Waals surface area contributed by atoms with Gasteiger partial charge >= 0.3 is 0 Å². The largest absolute Gasteiger partial charge is 0.311 e. The molecule has 0 spiro atoms. The summed E-state index contributed by atoms with van der Waals surface area (Å²) in [7, 11) is 0. The van der Waals surface area contributed by atoms with Gasteiger partial charge in [0.2, 0.25) is 0 Å². The Kier molecular flexibility index (Phi) is 23.2. The molecule has 0 N–H and O–H groups in total. The molecule has 139 heavy (non-hydrogen) atoms. The SMILES string of the molecule is [C-]#[N+]c1cc(-c2cc(-c3ccccc3)cc(-c3cccc(-c4ccccc4)c3)c2)cc(-n2c3ccc(C#N)cc3c3cc([N+]#[C-])ccc32)c1.[C-]#[N+]c1cc(-c2cc(-c3ccccc3)cc(-c3cccc(C#N)c3)c2)cc(-n2c3ccc(C#N)cc3c3cc([N+]#[C-])ccc32)c1.[C-]#[N+]c1cc(-c2cc(-c3ccccc3)cc(-c3ccccc3)c2C#N)cc(-n2c3ccc(C#N)cc3c3cc([N+]#[C-])ccc32)c1. The first-order chi connectivity index (χ1) is 68.3. The molecule has 0 aliphatic carbocycles. The molecular formula is C125H68N14. The topological polar surface area (TPSA) is 160 Å². The molecule has 0 aliphatic heterocycles. The van der Waals surface area contributed by atoms with Crippen LogP contribution < -0.4 is 0 Å². The molecule has 0 fully saturated rings. The molecule has 3 aromatic heterocycles. The van der Waals surface area contributed by atoms with E-state index in [0.717, 1.165) is 194 Å². The summed E-state index contributed by atoms with van der Waals surface area (Å²) < 4.78 is 6.28. The Morgan fingerprint density at radius 1 is 0.165 bits per heavy atom. The third-order valence-electron chi connectivity index (χ3n) is 25.0. The van der Waals surface area contributed by atoms with Gasteiger partial charge in [0.1, 0.15) is 6.07 Å². The van der Waals surface area contributed by atoms with Crippen molar-refractivity contribution in [2.24, 2.45) is 0 Å². The number of rotatable bonds is 13. The summed E-state index contributed by atoms with van der Waals surface area (Å²) >= 11 is 0. The lowest BCUT2D eigenvalue weighted by molar-refractivity contribution is 1.18. The van der Waals surface area contributed by atoms with Crippen molar-refractivity contribution in [2.75, 3.05) is 0 Å². The van der Waals surface area contributed by atoms with Crippen molar-refractivity contribution in [3.8, 4) is 159 Å². The number of nitrogens with zero attached hydrogens (tertiary/aromatic N) is 14. The van der Waals surface area contributed by atoms with E-state index in [9.17, 15) is 26.3 Å². The summed E-state index contributed by atoms with van der Waals surface area (Å²) in [6.07, 6.45) is 0. The fourth-order valence-electron chi connectivity index (χ4n) is 18.6. The van der Waals surface area contributed by atoms with Crippen molar-refractivity contribution in [1.82, 2.24) is 13.7 Å². The van der Waals surface area contributed by atoms with E-state index in [1.807, 2.05) is 243 Å². The van der Waals surface area contributed by atoms with Crippen molar-refractivity contribution in [3.63, 3.8) is 0 Å². The molecule has 3 heterocycles. The standard InChI is InChI=1S/C45H26N4.2C40H21N5/c1-47-39-17-19-45-43(28-39)42-20-30(29-46)16-18-44(42)49(45)41-26-38(25-40(27-41)48-2)37-23-35(32-12-7-4-8-13-32)22-36(24-37)34-15-9-14-33(21-34)31-10-5-3-6-11-31;1-43-31-14-16-40-37(23-31)36-17-26(24-41)13-15-39(36)45(40)33-19-30(18-32(22-33)44-2)35-21-29(27-9-5-3-6-10-27)20-34(38(35)25-42)28-11-7-4-8-12-28;1-43-34-12-14-40-38(23-34)37-16-27(25-42)11-13-39(37)45(40)36-21-33(20-35(22-36)44-2)32-18-30(28-8-4-3-5-9-28)17-31(19-32)29-10-6-7-26(15-29)24-41/h3-28H;2*3-23H. The minimum atomic E-state index is 0.430. The van der Waals surface area contributed by atoms with E-state index in [4.69, 9.17) is 39.4 Å². The number of nitriles is 5. The molecule has 0 aliphatic rings. The predicted octanol–water partition coefficient (Wildman–Crippen LogP) is 33.7. The van der Waals surface area contributed by atoms with Gasteiger partial charge in [0.05, 0.1) is 125 Å². The normalized spacial score (nSPS) is 10.7. The Morgan fingerprint density at radius 3 is 0.741 bits per heavy atom. The van der Waals surface area contributed by atoms with Gasteiger partial charge in [-0.05, 0) is 334 Å². The zero-order valence-electron chi connectivity index (χ0n) is 74.0. The van der Waals surface area contributed by atoms with Crippen LogP contribution in [0.2, 0.25) is 0 Å². The van der Waals surface area contributed by atoms with Gasteiger partial charge in [-0.1, -0.05) is 200 Å². The second-order valence-corrected chi connectivity index (χ2v) is 33.3. The Labute approximate surface area is 801 Å². The van der Waals surface area contributed by atoms with E-state index >= 15 is 0 Å². The zero-order chi connectivity index (χ0) is 95.2. The van der Waals surface area contributed by atoms with E-state index in [-0.39, 0.29) is 0 Å². The number of benzene rings is 19. The summed E-state index contributed by atoms with van der Waals surface area (Å²) in [6.45, 7) is 46.7. The highest BCUT2D eigenvalue weighted by Crippen LogP contribution is 2.47. The second kappa shape index (κ2) is 37.4. The van der Waals surface area contributed by atoms with Gasteiger partial charge < -0.3 is 13.7 Å². The summed E-state index contributed by atoms with van der Waals surface area (Å²) in [4.78, 5) is 22.5. The molecule has 22 rings (SSSR count). The van der Waals surface area contributed by atoms with Crippen LogP contribution >= 0.6 is 0 Å². The minimum Gasteiger partial charge on any atom is -0.311 e. The van der Waals surface area contributed by atoms with E-state index in [2.05, 4.69) is 213 Å². The molecule has 0 saturated carbocycles. The summed E-state index contributed by atoms with van der Waals surface area (Å²) in [6, 6.07) is 146. The van der Waals surface area contributed by atoms with Crippen LogP contribution in [0, 0.1) is 96.1 Å². The van der Waals surface area contributed by atoms with E-state index in [1.54, 1.807) is 30.3 Å². The molecule has 19 aromatic carbocycles. The molecule has 14 nitrogen and oxygen atoms in total. The van der Waals surface area contributed by atoms with Gasteiger partial charge in [-0.15, -0.1) is 0 Å². The van der Waals surface area contributed by atoms with Gasteiger partial charge in [0, 0.05) is 38.8 Å². The molecule has 0 amide bonds. The first kappa shape index (κ1) is 86.0. The van der Waals surface area contributed by atoms with Crippen molar-refractivity contribution in [2.45, 2.75) is 0 Å². The van der Waals surface area contributed by atoms with Gasteiger partial charge in [-0.25, -0.2) is 29.1 Å². The van der Waals surface area contributed by atoms with Crippen LogP contribution in [0.25, 0.3) is 223 Å². The first-order valence-corrected chi connectivity index (χ1v) is 44.3. The Morgan fingerprint density at radius 2 is 0.403 bits per heavy atom. The van der Waals surface area contributed by atoms with Crippen LogP contribution in [0.4, 0.5) is 34.1 Å². The predicted molar refractivity (Wildman–Crippen MR) is 558 cm³/mol.